The van der Waals surface area contributed by atoms with Gasteiger partial charge in [-0.25, -0.2) is 4.98 Å². The van der Waals surface area contributed by atoms with Crippen molar-refractivity contribution in [2.75, 3.05) is 5.32 Å². The van der Waals surface area contributed by atoms with Crippen LogP contribution in [0.25, 0.3) is 0 Å². The number of halogens is 1. The monoisotopic (exact) mass is 355 g/mol. The maximum atomic E-state index is 5.61. The van der Waals surface area contributed by atoms with E-state index in [0.717, 1.165) is 33.0 Å². The summed E-state index contributed by atoms with van der Waals surface area (Å²) in [4.78, 5) is 6.20. The van der Waals surface area contributed by atoms with Gasteiger partial charge in [-0.15, -0.1) is 11.3 Å². The van der Waals surface area contributed by atoms with Gasteiger partial charge < -0.3 is 11.1 Å². The van der Waals surface area contributed by atoms with Crippen molar-refractivity contribution in [1.29, 1.82) is 0 Å². The Bertz CT molecular complexity index is 622. The van der Waals surface area contributed by atoms with E-state index in [9.17, 15) is 0 Å². The number of thiocarbonyl (C=S) groups is 1. The molecule has 0 spiro atoms. The molecule has 0 aliphatic carbocycles. The predicted molar refractivity (Wildman–Crippen MR) is 89.5 cm³/mol. The highest BCUT2D eigenvalue weighted by Gasteiger charge is 2.08. The third-order valence-electron chi connectivity index (χ3n) is 2.72. The summed E-state index contributed by atoms with van der Waals surface area (Å²) in [6, 6.07) is 5.75. The summed E-state index contributed by atoms with van der Waals surface area (Å²) in [6.45, 7) is 4.20. The minimum atomic E-state index is 0.394. The van der Waals surface area contributed by atoms with E-state index >= 15 is 0 Å². The lowest BCUT2D eigenvalue weighted by molar-refractivity contribution is 1.05. The third-order valence-corrected chi connectivity index (χ3v) is 4.54. The van der Waals surface area contributed by atoms with E-state index in [4.69, 9.17) is 18.0 Å². The molecule has 2 rings (SSSR count). The molecule has 0 saturated carbocycles. The Morgan fingerprint density at radius 1 is 1.53 bits per heavy atom. The van der Waals surface area contributed by atoms with E-state index in [0.29, 0.717) is 4.99 Å². The van der Waals surface area contributed by atoms with Crippen LogP contribution in [0, 0.1) is 6.92 Å². The first-order valence-electron chi connectivity index (χ1n) is 5.84. The molecule has 19 heavy (non-hydrogen) atoms. The molecule has 0 radical (unpaired) electrons. The number of nitrogens with one attached hydrogen (secondary N) is 1. The molecular weight excluding hydrogens is 342 g/mol. The van der Waals surface area contributed by atoms with Crippen molar-refractivity contribution < 1.29 is 0 Å². The first kappa shape index (κ1) is 14.4. The van der Waals surface area contributed by atoms with Gasteiger partial charge in [-0.2, -0.15) is 0 Å². The molecular formula is C13H14BrN3S2. The van der Waals surface area contributed by atoms with Crippen molar-refractivity contribution in [1.82, 2.24) is 4.98 Å². The molecule has 1 aromatic heterocycles. The molecule has 0 atom stereocenters. The van der Waals surface area contributed by atoms with Gasteiger partial charge in [-0.1, -0.05) is 19.1 Å². The maximum Gasteiger partial charge on any atom is 0.187 e. The van der Waals surface area contributed by atoms with Crippen molar-refractivity contribution in [2.45, 2.75) is 20.3 Å². The zero-order valence-electron chi connectivity index (χ0n) is 10.7. The number of rotatable bonds is 4. The van der Waals surface area contributed by atoms with Gasteiger partial charge in [-0.05, 0) is 47.5 Å². The first-order chi connectivity index (χ1) is 9.01. The van der Waals surface area contributed by atoms with E-state index < -0.39 is 0 Å². The molecule has 3 N–H and O–H groups in total. The summed E-state index contributed by atoms with van der Waals surface area (Å²) in [5, 5.41) is 4.21. The highest BCUT2D eigenvalue weighted by molar-refractivity contribution is 9.10. The molecule has 1 aromatic carbocycles. The van der Waals surface area contributed by atoms with Gasteiger partial charge in [0.25, 0.3) is 0 Å². The number of hydrogen-bond acceptors (Lipinski definition) is 4. The van der Waals surface area contributed by atoms with Crippen LogP contribution in [0.4, 0.5) is 10.8 Å². The molecule has 0 bridgehead atoms. The molecule has 0 unspecified atom stereocenters. The zero-order chi connectivity index (χ0) is 14.0. The minimum absolute atomic E-state index is 0.394. The van der Waals surface area contributed by atoms with Crippen LogP contribution in [0.3, 0.4) is 0 Å². The highest BCUT2D eigenvalue weighted by Crippen LogP contribution is 2.30. The fraction of sp³-hybridized carbons (Fsp3) is 0.231. The number of aromatic nitrogens is 1. The van der Waals surface area contributed by atoms with Crippen molar-refractivity contribution in [3.63, 3.8) is 0 Å². The van der Waals surface area contributed by atoms with Gasteiger partial charge in [0.05, 0.1) is 11.4 Å². The van der Waals surface area contributed by atoms with Gasteiger partial charge >= 0.3 is 0 Å². The molecule has 0 amide bonds. The number of nitrogens with two attached hydrogens (primary N) is 1. The molecule has 100 valence electrons. The largest absolute Gasteiger partial charge is 0.389 e. The molecule has 0 saturated heterocycles. The van der Waals surface area contributed by atoms with E-state index in [-0.39, 0.29) is 0 Å². The summed E-state index contributed by atoms with van der Waals surface area (Å²) >= 11 is 10.1. The average molecular weight is 356 g/mol. The van der Waals surface area contributed by atoms with Crippen molar-refractivity contribution in [3.8, 4) is 0 Å². The second kappa shape index (κ2) is 5.98. The van der Waals surface area contributed by atoms with Gasteiger partial charge in [0.1, 0.15) is 4.99 Å². The van der Waals surface area contributed by atoms with Gasteiger partial charge in [0, 0.05) is 14.9 Å². The van der Waals surface area contributed by atoms with E-state index in [2.05, 4.69) is 40.1 Å². The van der Waals surface area contributed by atoms with Crippen LogP contribution in [-0.2, 0) is 6.42 Å². The van der Waals surface area contributed by atoms with Crippen molar-refractivity contribution in [3.05, 3.63) is 38.8 Å². The van der Waals surface area contributed by atoms with Gasteiger partial charge in [0.2, 0.25) is 0 Å². The quantitative estimate of drug-likeness (QED) is 0.808. The SMILES string of the molecule is CCc1nc(Nc2ccc(C(N)=S)cc2Br)sc1C. The Morgan fingerprint density at radius 2 is 2.26 bits per heavy atom. The van der Waals surface area contributed by atoms with Crippen LogP contribution in [0.5, 0.6) is 0 Å². The van der Waals surface area contributed by atoms with Crippen molar-refractivity contribution in [2.24, 2.45) is 5.73 Å². The van der Waals surface area contributed by atoms with Crippen LogP contribution in [0.2, 0.25) is 0 Å². The predicted octanol–water partition coefficient (Wildman–Crippen LogP) is 4.15. The molecule has 2 aromatic rings. The summed E-state index contributed by atoms with van der Waals surface area (Å²) in [7, 11) is 0. The molecule has 6 heteroatoms. The summed E-state index contributed by atoms with van der Waals surface area (Å²) in [6.07, 6.45) is 0.950. The van der Waals surface area contributed by atoms with Crippen molar-refractivity contribution >= 4 is 55.3 Å². The number of anilines is 2. The Hall–Kier alpha value is -0.980. The summed E-state index contributed by atoms with van der Waals surface area (Å²) in [5.74, 6) is 0. The Balaban J connectivity index is 2.25. The Kier molecular flexibility index (Phi) is 4.54. The Morgan fingerprint density at radius 3 is 2.79 bits per heavy atom. The lowest BCUT2D eigenvalue weighted by atomic mass is 10.2. The fourth-order valence-corrected chi connectivity index (χ4v) is 3.21. The molecule has 1 heterocycles. The lowest BCUT2D eigenvalue weighted by Gasteiger charge is -2.07. The lowest BCUT2D eigenvalue weighted by Crippen LogP contribution is -2.09. The first-order valence-corrected chi connectivity index (χ1v) is 7.85. The Labute approximate surface area is 130 Å². The summed E-state index contributed by atoms with van der Waals surface area (Å²) in [5.41, 5.74) is 8.55. The fourth-order valence-electron chi connectivity index (χ4n) is 1.69. The average Bonchev–Trinajstić information content (AvgIpc) is 2.72. The number of nitrogens with zero attached hydrogens (tertiary/aromatic N) is 1. The number of hydrogen-bond donors (Lipinski definition) is 2. The molecule has 0 fully saturated rings. The number of aryl methyl sites for hydroxylation is 2. The standard InChI is InChI=1S/C13H14BrN3S2/c1-3-10-7(2)19-13(16-10)17-11-5-4-8(12(15)18)6-9(11)14/h4-6H,3H2,1-2H3,(H2,15,18)(H,16,17). The van der Waals surface area contributed by atoms with E-state index in [1.807, 2.05) is 18.2 Å². The zero-order valence-corrected chi connectivity index (χ0v) is 13.9. The van der Waals surface area contributed by atoms with Crippen LogP contribution < -0.4 is 11.1 Å². The van der Waals surface area contributed by atoms with Crippen LogP contribution in [0.1, 0.15) is 23.1 Å². The summed E-state index contributed by atoms with van der Waals surface area (Å²) < 4.78 is 0.920. The third kappa shape index (κ3) is 3.32. The van der Waals surface area contributed by atoms with Crippen LogP contribution in [-0.4, -0.2) is 9.97 Å². The van der Waals surface area contributed by atoms with E-state index in [1.54, 1.807) is 11.3 Å². The second-order valence-corrected chi connectivity index (χ2v) is 6.56. The minimum Gasteiger partial charge on any atom is -0.389 e. The smallest absolute Gasteiger partial charge is 0.187 e. The molecule has 3 nitrogen and oxygen atoms in total. The number of thiazole rings is 1. The van der Waals surface area contributed by atoms with Crippen LogP contribution >= 0.6 is 39.5 Å². The highest BCUT2D eigenvalue weighted by atomic mass is 79.9. The topological polar surface area (TPSA) is 50.9 Å². The second-order valence-electron chi connectivity index (χ2n) is 4.06. The van der Waals surface area contributed by atoms with Crippen LogP contribution in [0.15, 0.2) is 22.7 Å². The maximum absolute atomic E-state index is 5.61. The van der Waals surface area contributed by atoms with E-state index in [1.165, 1.54) is 4.88 Å². The van der Waals surface area contributed by atoms with Gasteiger partial charge in [0.15, 0.2) is 5.13 Å². The molecule has 0 aliphatic rings. The number of benzene rings is 1. The van der Waals surface area contributed by atoms with Gasteiger partial charge in [-0.3, -0.25) is 0 Å². The normalized spacial score (nSPS) is 10.5. The molecule has 0 aliphatic heterocycles.